The summed E-state index contributed by atoms with van der Waals surface area (Å²) in [7, 11) is 0. The minimum atomic E-state index is -0.425. The lowest BCUT2D eigenvalue weighted by atomic mass is 10.1. The molecule has 2 N–H and O–H groups in total. The van der Waals surface area contributed by atoms with Crippen LogP contribution in [0.2, 0.25) is 0 Å². The van der Waals surface area contributed by atoms with Gasteiger partial charge in [0.2, 0.25) is 0 Å². The SMILES string of the molecule is Cc1cc(C)c(OC(=O)NCCCCCCNC(=O)Oc2c(C)cc(C)cc2C)c(C)c1. The number of hydrogen-bond donors (Lipinski definition) is 2. The number of carbonyl (C=O) groups excluding carboxylic acids is 2. The highest BCUT2D eigenvalue weighted by Crippen LogP contribution is 2.25. The fourth-order valence-electron chi connectivity index (χ4n) is 3.90. The Balaban J connectivity index is 1.57. The molecule has 0 aromatic heterocycles. The van der Waals surface area contributed by atoms with E-state index in [1.165, 1.54) is 0 Å². The Morgan fingerprint density at radius 1 is 0.594 bits per heavy atom. The highest BCUT2D eigenvalue weighted by Gasteiger charge is 2.11. The van der Waals surface area contributed by atoms with Crippen LogP contribution in [0.25, 0.3) is 0 Å². The predicted molar refractivity (Wildman–Crippen MR) is 128 cm³/mol. The van der Waals surface area contributed by atoms with Crippen LogP contribution in [0.5, 0.6) is 11.5 Å². The molecule has 6 heteroatoms. The van der Waals surface area contributed by atoms with Gasteiger partial charge in [0.1, 0.15) is 11.5 Å². The van der Waals surface area contributed by atoms with Crippen molar-refractivity contribution in [2.75, 3.05) is 13.1 Å². The van der Waals surface area contributed by atoms with Gasteiger partial charge in [-0.3, -0.25) is 0 Å². The molecule has 0 spiro atoms. The zero-order chi connectivity index (χ0) is 23.7. The van der Waals surface area contributed by atoms with Crippen LogP contribution >= 0.6 is 0 Å². The molecule has 0 aliphatic carbocycles. The minimum Gasteiger partial charge on any atom is -0.410 e. The highest BCUT2D eigenvalue weighted by molar-refractivity contribution is 5.72. The number of amides is 2. The quantitative estimate of drug-likeness (QED) is 0.471. The maximum absolute atomic E-state index is 12.0. The summed E-state index contributed by atoms with van der Waals surface area (Å²) in [6.07, 6.45) is 2.77. The number of nitrogens with one attached hydrogen (secondary N) is 2. The van der Waals surface area contributed by atoms with Gasteiger partial charge >= 0.3 is 12.2 Å². The van der Waals surface area contributed by atoms with Crippen LogP contribution in [0.1, 0.15) is 59.1 Å². The van der Waals surface area contributed by atoms with E-state index in [1.807, 2.05) is 65.8 Å². The maximum Gasteiger partial charge on any atom is 0.412 e. The fourth-order valence-corrected chi connectivity index (χ4v) is 3.90. The Morgan fingerprint density at radius 3 is 1.22 bits per heavy atom. The van der Waals surface area contributed by atoms with E-state index in [4.69, 9.17) is 9.47 Å². The Kier molecular flexibility index (Phi) is 9.57. The molecule has 32 heavy (non-hydrogen) atoms. The molecule has 2 rings (SSSR count). The van der Waals surface area contributed by atoms with Gasteiger partial charge in [-0.15, -0.1) is 0 Å². The molecule has 0 atom stereocenters. The third-order valence-electron chi connectivity index (χ3n) is 5.24. The number of hydrogen-bond acceptors (Lipinski definition) is 4. The summed E-state index contributed by atoms with van der Waals surface area (Å²) < 4.78 is 10.9. The average Bonchev–Trinajstić information content (AvgIpc) is 2.69. The van der Waals surface area contributed by atoms with E-state index in [0.29, 0.717) is 24.6 Å². The first-order valence-electron chi connectivity index (χ1n) is 11.2. The molecule has 2 amide bonds. The first kappa shape index (κ1) is 25.2. The summed E-state index contributed by atoms with van der Waals surface area (Å²) >= 11 is 0. The highest BCUT2D eigenvalue weighted by atomic mass is 16.6. The molecule has 0 saturated heterocycles. The molecule has 0 saturated carbocycles. The topological polar surface area (TPSA) is 76.7 Å². The third-order valence-corrected chi connectivity index (χ3v) is 5.24. The molecule has 174 valence electrons. The number of aryl methyl sites for hydroxylation is 6. The second-order valence-electron chi connectivity index (χ2n) is 8.50. The lowest BCUT2D eigenvalue weighted by molar-refractivity contribution is 0.198. The summed E-state index contributed by atoms with van der Waals surface area (Å²) in [4.78, 5) is 24.1. The van der Waals surface area contributed by atoms with Crippen molar-refractivity contribution in [2.45, 2.75) is 67.2 Å². The molecule has 0 aliphatic heterocycles. The Bertz CT molecular complexity index is 829. The van der Waals surface area contributed by atoms with Crippen LogP contribution in [0.3, 0.4) is 0 Å². The fraction of sp³-hybridized carbons (Fsp3) is 0.462. The third kappa shape index (κ3) is 7.91. The van der Waals surface area contributed by atoms with Crippen LogP contribution in [-0.4, -0.2) is 25.3 Å². The second-order valence-corrected chi connectivity index (χ2v) is 8.50. The normalized spacial score (nSPS) is 10.6. The molecular weight excluding hydrogens is 404 g/mol. The van der Waals surface area contributed by atoms with Crippen molar-refractivity contribution in [2.24, 2.45) is 0 Å². The van der Waals surface area contributed by atoms with Crippen LogP contribution in [0, 0.1) is 41.5 Å². The van der Waals surface area contributed by atoms with E-state index in [2.05, 4.69) is 10.6 Å². The van der Waals surface area contributed by atoms with Crippen molar-refractivity contribution >= 4 is 12.2 Å². The molecular formula is C26H36N2O4. The van der Waals surface area contributed by atoms with Crippen molar-refractivity contribution in [3.63, 3.8) is 0 Å². The van der Waals surface area contributed by atoms with Crippen molar-refractivity contribution in [3.05, 3.63) is 57.6 Å². The van der Waals surface area contributed by atoms with E-state index in [9.17, 15) is 9.59 Å². The Morgan fingerprint density at radius 2 is 0.906 bits per heavy atom. The summed E-state index contributed by atoms with van der Waals surface area (Å²) in [6, 6.07) is 8.01. The van der Waals surface area contributed by atoms with Crippen LogP contribution in [-0.2, 0) is 0 Å². The first-order valence-corrected chi connectivity index (χ1v) is 11.2. The van der Waals surface area contributed by atoms with Crippen LogP contribution in [0.15, 0.2) is 24.3 Å². The van der Waals surface area contributed by atoms with Crippen molar-refractivity contribution in [3.8, 4) is 11.5 Å². The van der Waals surface area contributed by atoms with E-state index in [0.717, 1.165) is 59.1 Å². The van der Waals surface area contributed by atoms with Gasteiger partial charge in [-0.1, -0.05) is 48.2 Å². The second kappa shape index (κ2) is 12.1. The number of rotatable bonds is 9. The molecule has 0 unspecified atom stereocenters. The summed E-state index contributed by atoms with van der Waals surface area (Å²) in [5.74, 6) is 1.25. The number of carbonyl (C=O) groups is 2. The lowest BCUT2D eigenvalue weighted by Gasteiger charge is -2.13. The number of benzene rings is 2. The molecule has 2 aromatic rings. The predicted octanol–water partition coefficient (Wildman–Crippen LogP) is 5.97. The van der Waals surface area contributed by atoms with E-state index < -0.39 is 12.2 Å². The molecule has 0 aliphatic rings. The van der Waals surface area contributed by atoms with Gasteiger partial charge in [-0.25, -0.2) is 9.59 Å². The van der Waals surface area contributed by atoms with Crippen molar-refractivity contribution in [1.82, 2.24) is 10.6 Å². The molecule has 0 radical (unpaired) electrons. The summed E-state index contributed by atoms with van der Waals surface area (Å²) in [6.45, 7) is 12.9. The smallest absolute Gasteiger partial charge is 0.410 e. The van der Waals surface area contributed by atoms with E-state index in [1.54, 1.807) is 0 Å². The Labute approximate surface area is 191 Å². The first-order chi connectivity index (χ1) is 15.2. The average molecular weight is 441 g/mol. The lowest BCUT2D eigenvalue weighted by Crippen LogP contribution is -2.29. The van der Waals surface area contributed by atoms with Gasteiger partial charge in [0.05, 0.1) is 0 Å². The monoisotopic (exact) mass is 440 g/mol. The largest absolute Gasteiger partial charge is 0.412 e. The number of unbranched alkanes of at least 4 members (excludes halogenated alkanes) is 3. The van der Waals surface area contributed by atoms with Crippen LogP contribution in [0.4, 0.5) is 9.59 Å². The van der Waals surface area contributed by atoms with Gasteiger partial charge in [-0.05, 0) is 76.6 Å². The van der Waals surface area contributed by atoms with Gasteiger partial charge in [0.15, 0.2) is 0 Å². The molecule has 0 heterocycles. The van der Waals surface area contributed by atoms with Gasteiger partial charge in [0, 0.05) is 13.1 Å². The van der Waals surface area contributed by atoms with Gasteiger partial charge in [0.25, 0.3) is 0 Å². The maximum atomic E-state index is 12.0. The standard InChI is InChI=1S/C26H36N2O4/c1-17-13-19(3)23(20(4)14-17)31-25(29)27-11-9-7-8-10-12-28-26(30)32-24-21(5)15-18(2)16-22(24)6/h13-16H,7-12H2,1-6H3,(H,27,29)(H,28,30). The van der Waals surface area contributed by atoms with Gasteiger partial charge in [-0.2, -0.15) is 0 Å². The molecule has 0 bridgehead atoms. The zero-order valence-corrected chi connectivity index (χ0v) is 20.2. The Hall–Kier alpha value is -3.02. The molecule has 2 aromatic carbocycles. The van der Waals surface area contributed by atoms with E-state index in [-0.39, 0.29) is 0 Å². The van der Waals surface area contributed by atoms with Gasteiger partial charge < -0.3 is 20.1 Å². The minimum absolute atomic E-state index is 0.425. The molecule has 0 fully saturated rings. The summed E-state index contributed by atoms with van der Waals surface area (Å²) in [5.41, 5.74) is 6.12. The van der Waals surface area contributed by atoms with Crippen LogP contribution < -0.4 is 20.1 Å². The van der Waals surface area contributed by atoms with E-state index >= 15 is 0 Å². The van der Waals surface area contributed by atoms with Crippen molar-refractivity contribution in [1.29, 1.82) is 0 Å². The zero-order valence-electron chi connectivity index (χ0n) is 20.2. The number of ether oxygens (including phenoxy) is 2. The summed E-state index contributed by atoms with van der Waals surface area (Å²) in [5, 5.41) is 5.60. The molecule has 6 nitrogen and oxygen atoms in total. The van der Waals surface area contributed by atoms with Crippen molar-refractivity contribution < 1.29 is 19.1 Å².